The van der Waals surface area contributed by atoms with Crippen molar-refractivity contribution in [1.29, 1.82) is 0 Å². The van der Waals surface area contributed by atoms with E-state index in [1.165, 1.54) is 16.8 Å². The van der Waals surface area contributed by atoms with E-state index in [1.54, 1.807) is 0 Å². The lowest BCUT2D eigenvalue weighted by molar-refractivity contribution is 0.193. The van der Waals surface area contributed by atoms with Crippen molar-refractivity contribution in [2.45, 2.75) is 25.3 Å². The minimum atomic E-state index is -0.382. The third-order valence-corrected chi connectivity index (χ3v) is 3.06. The van der Waals surface area contributed by atoms with Gasteiger partial charge in [0.15, 0.2) is 0 Å². The molecule has 0 radical (unpaired) electrons. The van der Waals surface area contributed by atoms with E-state index in [0.29, 0.717) is 0 Å². The molecule has 0 bridgehead atoms. The van der Waals surface area contributed by atoms with Gasteiger partial charge in [0.2, 0.25) is 0 Å². The lowest BCUT2D eigenvalue weighted by Gasteiger charge is -2.19. The maximum Gasteiger partial charge on any atom is 0.328 e. The average Bonchev–Trinajstić information content (AvgIpc) is 2.65. The molecule has 1 fully saturated rings. The average molecular weight is 210 g/mol. The third kappa shape index (κ3) is 1.87. The molecule has 0 aliphatic heterocycles. The van der Waals surface area contributed by atoms with Crippen LogP contribution in [0.5, 0.6) is 0 Å². The van der Waals surface area contributed by atoms with Crippen LogP contribution in [0.2, 0.25) is 0 Å². The van der Waals surface area contributed by atoms with Crippen LogP contribution in [-0.4, -0.2) is 21.3 Å². The van der Waals surface area contributed by atoms with Gasteiger partial charge in [0, 0.05) is 30.8 Å². The maximum absolute atomic E-state index is 11.5. The highest BCUT2D eigenvalue weighted by molar-refractivity contribution is 4.90. The monoisotopic (exact) mass is 210 g/mol. The smallest absolute Gasteiger partial charge is 0.328 e. The van der Waals surface area contributed by atoms with E-state index in [1.807, 2.05) is 0 Å². The molecule has 82 valence electrons. The summed E-state index contributed by atoms with van der Waals surface area (Å²) in [4.78, 5) is 24.6. The number of hydrogen-bond donors (Lipinski definition) is 2. The van der Waals surface area contributed by atoms with Crippen molar-refractivity contribution < 1.29 is 5.11 Å². The largest absolute Gasteiger partial charge is 0.396 e. The molecule has 0 saturated heterocycles. The summed E-state index contributed by atoms with van der Waals surface area (Å²) in [5.41, 5.74) is -0.761. The molecule has 1 aromatic heterocycles. The fourth-order valence-corrected chi connectivity index (χ4v) is 2.28. The zero-order valence-corrected chi connectivity index (χ0v) is 8.35. The van der Waals surface area contributed by atoms with Crippen LogP contribution in [0, 0.1) is 5.92 Å². The highest BCUT2D eigenvalue weighted by Gasteiger charge is 2.28. The van der Waals surface area contributed by atoms with Crippen LogP contribution in [-0.2, 0) is 0 Å². The molecule has 1 heterocycles. The van der Waals surface area contributed by atoms with Gasteiger partial charge in [0.05, 0.1) is 0 Å². The van der Waals surface area contributed by atoms with Gasteiger partial charge in [-0.15, -0.1) is 0 Å². The summed E-state index contributed by atoms with van der Waals surface area (Å²) >= 11 is 0. The Bertz CT molecular complexity index is 448. The SMILES string of the molecule is O=c1ccn([C@H]2CCC[C@H]2CO)c(=O)[nH]1. The van der Waals surface area contributed by atoms with Crippen LogP contribution >= 0.6 is 0 Å². The molecule has 2 rings (SSSR count). The number of aromatic nitrogens is 2. The summed E-state index contributed by atoms with van der Waals surface area (Å²) in [6.07, 6.45) is 4.35. The number of aromatic amines is 1. The lowest BCUT2D eigenvalue weighted by atomic mass is 10.1. The van der Waals surface area contributed by atoms with Crippen LogP contribution in [0.15, 0.2) is 21.9 Å². The van der Waals surface area contributed by atoms with E-state index in [0.717, 1.165) is 19.3 Å². The van der Waals surface area contributed by atoms with Crippen molar-refractivity contribution in [3.05, 3.63) is 33.1 Å². The van der Waals surface area contributed by atoms with Crippen molar-refractivity contribution in [3.8, 4) is 0 Å². The van der Waals surface area contributed by atoms with Gasteiger partial charge in [0.1, 0.15) is 0 Å². The molecule has 1 aliphatic rings. The first-order valence-corrected chi connectivity index (χ1v) is 5.14. The zero-order valence-electron chi connectivity index (χ0n) is 8.35. The molecule has 1 aromatic rings. The quantitative estimate of drug-likeness (QED) is 0.714. The Morgan fingerprint density at radius 2 is 2.27 bits per heavy atom. The molecule has 0 unspecified atom stereocenters. The Hall–Kier alpha value is -1.36. The molecule has 0 amide bonds. The van der Waals surface area contributed by atoms with Crippen molar-refractivity contribution in [2.24, 2.45) is 5.92 Å². The molecule has 5 heteroatoms. The second kappa shape index (κ2) is 4.02. The fourth-order valence-electron chi connectivity index (χ4n) is 2.28. The second-order valence-corrected chi connectivity index (χ2v) is 3.96. The number of H-pyrrole nitrogens is 1. The summed E-state index contributed by atoms with van der Waals surface area (Å²) in [5.74, 6) is 0.133. The molecular formula is C10H14N2O3. The lowest BCUT2D eigenvalue weighted by Crippen LogP contribution is -2.33. The van der Waals surface area contributed by atoms with Crippen LogP contribution < -0.4 is 11.2 Å². The topological polar surface area (TPSA) is 75.1 Å². The number of rotatable bonds is 2. The Labute approximate surface area is 86.4 Å². The Balaban J connectivity index is 2.37. The first-order chi connectivity index (χ1) is 7.22. The summed E-state index contributed by atoms with van der Waals surface area (Å²) < 4.78 is 1.52. The van der Waals surface area contributed by atoms with Gasteiger partial charge in [-0.05, 0) is 12.8 Å². The first kappa shape index (κ1) is 10.2. The highest BCUT2D eigenvalue weighted by Crippen LogP contribution is 2.33. The van der Waals surface area contributed by atoms with Crippen LogP contribution in [0.25, 0.3) is 0 Å². The Morgan fingerprint density at radius 3 is 2.93 bits per heavy atom. The van der Waals surface area contributed by atoms with E-state index >= 15 is 0 Å². The van der Waals surface area contributed by atoms with Gasteiger partial charge in [-0.2, -0.15) is 0 Å². The number of nitrogens with one attached hydrogen (secondary N) is 1. The predicted molar refractivity (Wildman–Crippen MR) is 54.8 cm³/mol. The van der Waals surface area contributed by atoms with Gasteiger partial charge in [-0.3, -0.25) is 14.3 Å². The third-order valence-electron chi connectivity index (χ3n) is 3.06. The Morgan fingerprint density at radius 1 is 1.47 bits per heavy atom. The first-order valence-electron chi connectivity index (χ1n) is 5.14. The molecular weight excluding hydrogens is 196 g/mol. The zero-order chi connectivity index (χ0) is 10.8. The summed E-state index contributed by atoms with van der Waals surface area (Å²) in [7, 11) is 0. The molecule has 1 saturated carbocycles. The van der Waals surface area contributed by atoms with Gasteiger partial charge >= 0.3 is 5.69 Å². The number of hydrogen-bond acceptors (Lipinski definition) is 3. The minimum absolute atomic E-state index is 0.0272. The van der Waals surface area contributed by atoms with E-state index in [9.17, 15) is 9.59 Å². The normalized spacial score (nSPS) is 25.7. The summed E-state index contributed by atoms with van der Waals surface area (Å²) in [6, 6.07) is 1.37. The summed E-state index contributed by atoms with van der Waals surface area (Å²) in [6.45, 7) is 0.0935. The van der Waals surface area contributed by atoms with Gasteiger partial charge < -0.3 is 5.11 Å². The van der Waals surface area contributed by atoms with Gasteiger partial charge in [-0.1, -0.05) is 6.42 Å². The van der Waals surface area contributed by atoms with Crippen LogP contribution in [0.1, 0.15) is 25.3 Å². The predicted octanol–water partition coefficient (Wildman–Crippen LogP) is -0.130. The van der Waals surface area contributed by atoms with E-state index in [2.05, 4.69) is 4.98 Å². The molecule has 2 N–H and O–H groups in total. The molecule has 0 aromatic carbocycles. The fraction of sp³-hybridized carbons (Fsp3) is 0.600. The highest BCUT2D eigenvalue weighted by atomic mass is 16.3. The van der Waals surface area contributed by atoms with Crippen molar-refractivity contribution >= 4 is 0 Å². The minimum Gasteiger partial charge on any atom is -0.396 e. The molecule has 0 spiro atoms. The van der Waals surface area contributed by atoms with Gasteiger partial charge in [-0.25, -0.2) is 4.79 Å². The molecule has 5 nitrogen and oxygen atoms in total. The van der Waals surface area contributed by atoms with Crippen molar-refractivity contribution in [1.82, 2.24) is 9.55 Å². The number of aliphatic hydroxyl groups excluding tert-OH is 1. The second-order valence-electron chi connectivity index (χ2n) is 3.96. The van der Waals surface area contributed by atoms with Crippen molar-refractivity contribution in [2.75, 3.05) is 6.61 Å². The maximum atomic E-state index is 11.5. The van der Waals surface area contributed by atoms with E-state index < -0.39 is 0 Å². The molecule has 2 atom stereocenters. The molecule has 1 aliphatic carbocycles. The number of aliphatic hydroxyl groups is 1. The van der Waals surface area contributed by atoms with Gasteiger partial charge in [0.25, 0.3) is 5.56 Å². The summed E-state index contributed by atoms with van der Waals surface area (Å²) in [5, 5.41) is 9.16. The molecule has 15 heavy (non-hydrogen) atoms. The van der Waals surface area contributed by atoms with Crippen LogP contribution in [0.4, 0.5) is 0 Å². The van der Waals surface area contributed by atoms with E-state index in [4.69, 9.17) is 5.11 Å². The van der Waals surface area contributed by atoms with Crippen LogP contribution in [0.3, 0.4) is 0 Å². The number of nitrogens with zero attached hydrogens (tertiary/aromatic N) is 1. The Kier molecular flexibility index (Phi) is 2.73. The standard InChI is InChI=1S/C10H14N2O3/c13-6-7-2-1-3-8(7)12-5-4-9(14)11-10(12)15/h4-5,7-8,13H,1-3,6H2,(H,11,14,15)/t7-,8-/m0/s1. The van der Waals surface area contributed by atoms with Crippen molar-refractivity contribution in [3.63, 3.8) is 0 Å². The van der Waals surface area contributed by atoms with E-state index in [-0.39, 0.29) is 29.8 Å².